The smallest absolute Gasteiger partial charge is 0.225 e. The molecular formula is C18H33ClN2O. The Morgan fingerprint density at radius 2 is 1.77 bits per heavy atom. The topological polar surface area (TPSA) is 46.3 Å². The highest BCUT2D eigenvalue weighted by Crippen LogP contribution is 2.43. The lowest BCUT2D eigenvalue weighted by Crippen LogP contribution is -2.52. The van der Waals surface area contributed by atoms with Crippen LogP contribution in [0.4, 0.5) is 0 Å². The Labute approximate surface area is 141 Å². The third kappa shape index (κ3) is 3.79. The highest BCUT2D eigenvalue weighted by molar-refractivity contribution is 5.85. The predicted molar refractivity (Wildman–Crippen MR) is 93.0 cm³/mol. The summed E-state index contributed by atoms with van der Waals surface area (Å²) in [4.78, 5) is 15.1. The van der Waals surface area contributed by atoms with E-state index in [0.29, 0.717) is 24.4 Å². The number of likely N-dealkylation sites (tertiary alicyclic amines) is 1. The summed E-state index contributed by atoms with van der Waals surface area (Å²) in [6.07, 6.45) is 11.4. The molecule has 2 aliphatic carbocycles. The van der Waals surface area contributed by atoms with Crippen molar-refractivity contribution in [3.05, 3.63) is 0 Å². The van der Waals surface area contributed by atoms with Gasteiger partial charge in [-0.1, -0.05) is 32.6 Å². The summed E-state index contributed by atoms with van der Waals surface area (Å²) < 4.78 is 0. The van der Waals surface area contributed by atoms with Gasteiger partial charge in [0, 0.05) is 25.0 Å². The van der Waals surface area contributed by atoms with E-state index in [-0.39, 0.29) is 12.4 Å². The molecule has 128 valence electrons. The highest BCUT2D eigenvalue weighted by atomic mass is 35.5. The van der Waals surface area contributed by atoms with Crippen LogP contribution in [0.25, 0.3) is 0 Å². The number of nitrogens with zero attached hydrogens (tertiary/aromatic N) is 1. The van der Waals surface area contributed by atoms with E-state index >= 15 is 0 Å². The van der Waals surface area contributed by atoms with E-state index in [1.807, 2.05) is 0 Å². The van der Waals surface area contributed by atoms with Gasteiger partial charge in [-0.2, -0.15) is 0 Å². The van der Waals surface area contributed by atoms with Gasteiger partial charge in [0.15, 0.2) is 0 Å². The average molecular weight is 329 g/mol. The van der Waals surface area contributed by atoms with E-state index in [4.69, 9.17) is 5.73 Å². The number of piperidine rings is 1. The normalized spacial score (nSPS) is 38.8. The van der Waals surface area contributed by atoms with Crippen LogP contribution in [0.15, 0.2) is 0 Å². The number of hydrogen-bond acceptors (Lipinski definition) is 2. The minimum absolute atomic E-state index is 0. The monoisotopic (exact) mass is 328 g/mol. The van der Waals surface area contributed by atoms with Gasteiger partial charge in [0.05, 0.1) is 0 Å². The Balaban J connectivity index is 0.00000176. The Morgan fingerprint density at radius 1 is 1.05 bits per heavy atom. The van der Waals surface area contributed by atoms with Gasteiger partial charge in [-0.25, -0.2) is 0 Å². The van der Waals surface area contributed by atoms with E-state index in [9.17, 15) is 4.79 Å². The molecule has 2 saturated carbocycles. The maximum Gasteiger partial charge on any atom is 0.225 e. The summed E-state index contributed by atoms with van der Waals surface area (Å²) in [5, 5.41) is 0. The molecule has 0 spiro atoms. The van der Waals surface area contributed by atoms with Gasteiger partial charge in [-0.3, -0.25) is 4.79 Å². The van der Waals surface area contributed by atoms with Crippen LogP contribution < -0.4 is 5.73 Å². The first kappa shape index (κ1) is 18.1. The number of nitrogens with two attached hydrogens (primary N) is 1. The Morgan fingerprint density at radius 3 is 2.50 bits per heavy atom. The summed E-state index contributed by atoms with van der Waals surface area (Å²) in [5.41, 5.74) is 5.94. The van der Waals surface area contributed by atoms with Gasteiger partial charge in [0.1, 0.15) is 0 Å². The molecule has 3 rings (SSSR count). The molecule has 3 nitrogen and oxygen atoms in total. The van der Waals surface area contributed by atoms with Crippen molar-refractivity contribution < 1.29 is 4.79 Å². The van der Waals surface area contributed by atoms with Crippen LogP contribution in [0, 0.1) is 23.7 Å². The lowest BCUT2D eigenvalue weighted by Gasteiger charge is -2.43. The molecule has 4 heteroatoms. The Kier molecular flexibility index (Phi) is 6.58. The Bertz CT molecular complexity index is 376. The van der Waals surface area contributed by atoms with Crippen molar-refractivity contribution in [2.45, 2.75) is 70.8 Å². The van der Waals surface area contributed by atoms with Crippen molar-refractivity contribution in [3.63, 3.8) is 0 Å². The second kappa shape index (κ2) is 8.01. The van der Waals surface area contributed by atoms with Crippen molar-refractivity contribution in [1.29, 1.82) is 0 Å². The first-order valence-corrected chi connectivity index (χ1v) is 9.19. The molecular weight excluding hydrogens is 296 g/mol. The van der Waals surface area contributed by atoms with Gasteiger partial charge in [0.25, 0.3) is 0 Å². The van der Waals surface area contributed by atoms with Gasteiger partial charge in [-0.05, 0) is 49.9 Å². The van der Waals surface area contributed by atoms with Crippen LogP contribution in [0.5, 0.6) is 0 Å². The molecule has 1 amide bonds. The molecule has 0 aromatic carbocycles. The second-order valence-electron chi connectivity index (χ2n) is 7.87. The molecule has 1 heterocycles. The molecule has 0 aromatic rings. The van der Waals surface area contributed by atoms with Crippen molar-refractivity contribution in [1.82, 2.24) is 4.90 Å². The van der Waals surface area contributed by atoms with E-state index in [1.165, 1.54) is 32.1 Å². The van der Waals surface area contributed by atoms with E-state index in [2.05, 4.69) is 11.8 Å². The van der Waals surface area contributed by atoms with Crippen LogP contribution in [0.3, 0.4) is 0 Å². The van der Waals surface area contributed by atoms with Crippen LogP contribution in [-0.2, 0) is 4.79 Å². The lowest BCUT2D eigenvalue weighted by molar-refractivity contribution is -0.142. The first-order chi connectivity index (χ1) is 10.2. The fourth-order valence-electron chi connectivity index (χ4n) is 5.10. The van der Waals surface area contributed by atoms with Crippen molar-refractivity contribution in [2.24, 2.45) is 29.4 Å². The van der Waals surface area contributed by atoms with Crippen LogP contribution in [0.2, 0.25) is 0 Å². The molecule has 0 radical (unpaired) electrons. The van der Waals surface area contributed by atoms with Crippen molar-refractivity contribution in [2.75, 3.05) is 13.1 Å². The summed E-state index contributed by atoms with van der Waals surface area (Å²) >= 11 is 0. The van der Waals surface area contributed by atoms with Crippen LogP contribution in [0.1, 0.15) is 64.7 Å². The van der Waals surface area contributed by atoms with E-state index < -0.39 is 0 Å². The first-order valence-electron chi connectivity index (χ1n) is 9.19. The van der Waals surface area contributed by atoms with Gasteiger partial charge in [-0.15, -0.1) is 12.4 Å². The van der Waals surface area contributed by atoms with Gasteiger partial charge in [0.2, 0.25) is 5.91 Å². The maximum absolute atomic E-state index is 13.0. The number of halogens is 1. The number of carbonyl (C=O) groups excluding carboxylic acids is 1. The molecule has 0 bridgehead atoms. The second-order valence-corrected chi connectivity index (χ2v) is 7.87. The van der Waals surface area contributed by atoms with Crippen LogP contribution in [-0.4, -0.2) is 29.9 Å². The van der Waals surface area contributed by atoms with Crippen LogP contribution >= 0.6 is 12.4 Å². The number of hydrogen-bond donors (Lipinski definition) is 1. The largest absolute Gasteiger partial charge is 0.338 e. The highest BCUT2D eigenvalue weighted by Gasteiger charge is 2.38. The summed E-state index contributed by atoms with van der Waals surface area (Å²) in [5.74, 6) is 3.21. The fourth-order valence-corrected chi connectivity index (χ4v) is 5.10. The molecule has 0 aromatic heterocycles. The van der Waals surface area contributed by atoms with Crippen molar-refractivity contribution >= 4 is 18.3 Å². The third-order valence-electron chi connectivity index (χ3n) is 6.42. The molecule has 2 N–H and O–H groups in total. The SMILES string of the molecule is CC1CCN(C(=O)C2CCC3CCCCC3C2)C(CN)C1.Cl. The molecule has 22 heavy (non-hydrogen) atoms. The number of rotatable bonds is 2. The molecule has 3 fully saturated rings. The minimum Gasteiger partial charge on any atom is -0.338 e. The average Bonchev–Trinajstić information content (AvgIpc) is 2.53. The summed E-state index contributed by atoms with van der Waals surface area (Å²) in [6, 6.07) is 0.297. The number of fused-ring (bicyclic) bond motifs is 1. The van der Waals surface area contributed by atoms with Gasteiger partial charge < -0.3 is 10.6 Å². The molecule has 5 unspecified atom stereocenters. The molecule has 3 aliphatic rings. The number of amides is 1. The molecule has 1 aliphatic heterocycles. The zero-order valence-corrected chi connectivity index (χ0v) is 14.8. The number of carbonyl (C=O) groups is 1. The lowest BCUT2D eigenvalue weighted by atomic mass is 9.67. The fraction of sp³-hybridized carbons (Fsp3) is 0.944. The van der Waals surface area contributed by atoms with Gasteiger partial charge >= 0.3 is 0 Å². The molecule has 1 saturated heterocycles. The zero-order chi connectivity index (χ0) is 14.8. The zero-order valence-electron chi connectivity index (χ0n) is 14.0. The molecule has 5 atom stereocenters. The summed E-state index contributed by atoms with van der Waals surface area (Å²) in [7, 11) is 0. The van der Waals surface area contributed by atoms with E-state index in [0.717, 1.165) is 50.0 Å². The quantitative estimate of drug-likeness (QED) is 0.841. The third-order valence-corrected chi connectivity index (χ3v) is 6.42. The maximum atomic E-state index is 13.0. The van der Waals surface area contributed by atoms with E-state index in [1.54, 1.807) is 0 Å². The predicted octanol–water partition coefficient (Wildman–Crippen LogP) is 3.60. The summed E-state index contributed by atoms with van der Waals surface area (Å²) in [6.45, 7) is 3.86. The Hall–Kier alpha value is -0.280. The minimum atomic E-state index is 0. The van der Waals surface area contributed by atoms with Crippen molar-refractivity contribution in [3.8, 4) is 0 Å². The standard InChI is InChI=1S/C18H32N2O.ClH/c1-13-8-9-20(17(10-13)12-19)18(21)16-7-6-14-4-2-3-5-15(14)11-16;/h13-17H,2-12,19H2,1H3;1H.